The van der Waals surface area contributed by atoms with Crippen LogP contribution in [0.25, 0.3) is 0 Å². The Morgan fingerprint density at radius 3 is 2.41 bits per heavy atom. The van der Waals surface area contributed by atoms with E-state index in [1.165, 1.54) is 43.2 Å². The predicted octanol–water partition coefficient (Wildman–Crippen LogP) is 3.22. The summed E-state index contributed by atoms with van der Waals surface area (Å²) in [6.07, 6.45) is 10.2. The van der Waals surface area contributed by atoms with E-state index in [1.807, 2.05) is 17.0 Å². The monoisotopic (exact) mass is 416 g/mol. The first kappa shape index (κ1) is 19.6. The van der Waals surface area contributed by atoms with Crippen molar-refractivity contribution in [2.24, 2.45) is 17.8 Å². The van der Waals surface area contributed by atoms with Gasteiger partial charge >= 0.3 is 0 Å². The predicted molar refractivity (Wildman–Crippen MR) is 112 cm³/mol. The maximum absolute atomic E-state index is 13.1. The van der Waals surface area contributed by atoms with Crippen molar-refractivity contribution in [2.45, 2.75) is 62.7 Å². The summed E-state index contributed by atoms with van der Waals surface area (Å²) in [4.78, 5) is 15.1. The lowest BCUT2D eigenvalue weighted by atomic mass is 9.86. The standard InChI is InChI=1S/C23H32N2O3S/c26-23(16-21-14-17-5-6-20(21)13-17)24-9-11-25(12-10-24)29(27,28)22-8-7-18-3-1-2-4-19(18)15-22/h7-8,15,17,20-21H,1-6,9-14,16H2/t17-,20+,21+/m0/s1. The van der Waals surface area contributed by atoms with Crippen LogP contribution in [0.1, 0.15) is 56.1 Å². The molecule has 1 aromatic carbocycles. The number of hydrogen-bond acceptors (Lipinski definition) is 3. The van der Waals surface area contributed by atoms with Crippen molar-refractivity contribution in [3.63, 3.8) is 0 Å². The molecule has 0 radical (unpaired) electrons. The van der Waals surface area contributed by atoms with E-state index in [4.69, 9.17) is 0 Å². The molecule has 3 aliphatic carbocycles. The van der Waals surface area contributed by atoms with Crippen LogP contribution in [-0.2, 0) is 27.7 Å². The minimum Gasteiger partial charge on any atom is -0.340 e. The third kappa shape index (κ3) is 3.74. The molecule has 1 heterocycles. The quantitative estimate of drug-likeness (QED) is 0.757. The maximum atomic E-state index is 13.1. The molecular formula is C23H32N2O3S. The van der Waals surface area contributed by atoms with Crippen LogP contribution >= 0.6 is 0 Å². The number of benzene rings is 1. The Balaban J connectivity index is 1.20. The van der Waals surface area contributed by atoms with Crippen LogP contribution < -0.4 is 0 Å². The fourth-order valence-electron chi connectivity index (χ4n) is 6.18. The Hall–Kier alpha value is -1.40. The number of rotatable bonds is 4. The van der Waals surface area contributed by atoms with Crippen molar-refractivity contribution in [1.82, 2.24) is 9.21 Å². The number of hydrogen-bond donors (Lipinski definition) is 0. The lowest BCUT2D eigenvalue weighted by Crippen LogP contribution is -2.50. The largest absolute Gasteiger partial charge is 0.340 e. The highest BCUT2D eigenvalue weighted by atomic mass is 32.2. The number of aryl methyl sites for hydroxylation is 2. The average Bonchev–Trinajstić information content (AvgIpc) is 3.36. The minimum atomic E-state index is -3.48. The summed E-state index contributed by atoms with van der Waals surface area (Å²) >= 11 is 0. The third-order valence-corrected chi connectivity index (χ3v) is 9.77. The number of amides is 1. The van der Waals surface area contributed by atoms with Gasteiger partial charge in [0, 0.05) is 32.6 Å². The lowest BCUT2D eigenvalue weighted by molar-refractivity contribution is -0.133. The smallest absolute Gasteiger partial charge is 0.243 e. The maximum Gasteiger partial charge on any atom is 0.243 e. The summed E-state index contributed by atoms with van der Waals surface area (Å²) in [5.74, 6) is 2.41. The molecule has 5 nitrogen and oxygen atoms in total. The first-order valence-corrected chi connectivity index (χ1v) is 12.8. The molecular weight excluding hydrogens is 384 g/mol. The fourth-order valence-corrected chi connectivity index (χ4v) is 7.65. The molecule has 1 aromatic rings. The van der Waals surface area contributed by atoms with Gasteiger partial charge in [0.1, 0.15) is 0 Å². The number of piperazine rings is 1. The zero-order valence-corrected chi connectivity index (χ0v) is 18.0. The molecule has 0 aromatic heterocycles. The highest BCUT2D eigenvalue weighted by molar-refractivity contribution is 7.89. The first-order valence-electron chi connectivity index (χ1n) is 11.4. The first-order chi connectivity index (χ1) is 14.0. The third-order valence-electron chi connectivity index (χ3n) is 7.87. The number of nitrogens with zero attached hydrogens (tertiary/aromatic N) is 2. The van der Waals surface area contributed by atoms with Crippen LogP contribution in [0.3, 0.4) is 0 Å². The molecule has 0 unspecified atom stereocenters. The van der Waals surface area contributed by atoms with Crippen molar-refractivity contribution in [3.05, 3.63) is 29.3 Å². The SMILES string of the molecule is O=C(C[C@H]1C[C@H]2CC[C@@H]1C2)N1CCN(S(=O)(=O)c2ccc3c(c2)CCCC3)CC1. The number of fused-ring (bicyclic) bond motifs is 3. The highest BCUT2D eigenvalue weighted by Crippen LogP contribution is 2.49. The molecule has 0 N–H and O–H groups in total. The normalized spacial score (nSPS) is 29.8. The summed E-state index contributed by atoms with van der Waals surface area (Å²) in [5.41, 5.74) is 2.49. The van der Waals surface area contributed by atoms with E-state index in [9.17, 15) is 13.2 Å². The second-order valence-electron chi connectivity index (χ2n) is 9.56. The molecule has 1 saturated heterocycles. The van der Waals surface area contributed by atoms with Crippen LogP contribution in [0, 0.1) is 17.8 Å². The van der Waals surface area contributed by atoms with Gasteiger partial charge in [-0.25, -0.2) is 8.42 Å². The van der Waals surface area contributed by atoms with E-state index in [2.05, 4.69) is 0 Å². The molecule has 4 aliphatic rings. The molecule has 29 heavy (non-hydrogen) atoms. The molecule has 3 fully saturated rings. The Morgan fingerprint density at radius 2 is 1.72 bits per heavy atom. The van der Waals surface area contributed by atoms with Crippen LogP contribution in [-0.4, -0.2) is 49.7 Å². The molecule has 0 spiro atoms. The van der Waals surface area contributed by atoms with Crippen LogP contribution in [0.5, 0.6) is 0 Å². The van der Waals surface area contributed by atoms with Gasteiger partial charge in [0.15, 0.2) is 0 Å². The van der Waals surface area contributed by atoms with Crippen molar-refractivity contribution in [1.29, 1.82) is 0 Å². The molecule has 2 saturated carbocycles. The Labute approximate surface area is 174 Å². The van der Waals surface area contributed by atoms with E-state index in [0.717, 1.165) is 31.1 Å². The summed E-state index contributed by atoms with van der Waals surface area (Å²) in [6, 6.07) is 5.65. The van der Waals surface area contributed by atoms with Crippen LogP contribution in [0.2, 0.25) is 0 Å². The summed E-state index contributed by atoms with van der Waals surface area (Å²) in [7, 11) is -3.48. The van der Waals surface area contributed by atoms with E-state index in [1.54, 1.807) is 10.4 Å². The molecule has 1 amide bonds. The Kier molecular flexibility index (Phi) is 5.19. The topological polar surface area (TPSA) is 57.7 Å². The van der Waals surface area contributed by atoms with Crippen molar-refractivity contribution >= 4 is 15.9 Å². The Bertz CT molecular complexity index is 889. The zero-order chi connectivity index (χ0) is 20.0. The van der Waals surface area contributed by atoms with Gasteiger partial charge in [-0.05, 0) is 86.0 Å². The average molecular weight is 417 g/mol. The second-order valence-corrected chi connectivity index (χ2v) is 11.5. The van der Waals surface area contributed by atoms with Gasteiger partial charge < -0.3 is 4.90 Å². The highest BCUT2D eigenvalue weighted by Gasteiger charge is 2.41. The Morgan fingerprint density at radius 1 is 0.966 bits per heavy atom. The molecule has 5 rings (SSSR count). The van der Waals surface area contributed by atoms with E-state index in [0.29, 0.717) is 43.4 Å². The van der Waals surface area contributed by atoms with Crippen molar-refractivity contribution < 1.29 is 13.2 Å². The summed E-state index contributed by atoms with van der Waals surface area (Å²) < 4.78 is 27.8. The zero-order valence-electron chi connectivity index (χ0n) is 17.2. The molecule has 3 atom stereocenters. The van der Waals surface area contributed by atoms with Gasteiger partial charge in [-0.1, -0.05) is 12.5 Å². The van der Waals surface area contributed by atoms with Gasteiger partial charge in [-0.15, -0.1) is 0 Å². The second kappa shape index (κ2) is 7.69. The minimum absolute atomic E-state index is 0.230. The number of carbonyl (C=O) groups is 1. The van der Waals surface area contributed by atoms with Crippen molar-refractivity contribution in [3.8, 4) is 0 Å². The number of carbonyl (C=O) groups excluding carboxylic acids is 1. The van der Waals surface area contributed by atoms with Gasteiger partial charge in [0.25, 0.3) is 0 Å². The molecule has 158 valence electrons. The van der Waals surface area contributed by atoms with Crippen LogP contribution in [0.15, 0.2) is 23.1 Å². The number of sulfonamides is 1. The molecule has 6 heteroatoms. The van der Waals surface area contributed by atoms with Gasteiger partial charge in [-0.3, -0.25) is 4.79 Å². The molecule has 1 aliphatic heterocycles. The van der Waals surface area contributed by atoms with Gasteiger partial charge in [0.2, 0.25) is 15.9 Å². The van der Waals surface area contributed by atoms with Crippen LogP contribution in [0.4, 0.5) is 0 Å². The summed E-state index contributed by atoms with van der Waals surface area (Å²) in [5, 5.41) is 0. The van der Waals surface area contributed by atoms with Gasteiger partial charge in [-0.2, -0.15) is 4.31 Å². The van der Waals surface area contributed by atoms with E-state index >= 15 is 0 Å². The molecule has 2 bridgehead atoms. The van der Waals surface area contributed by atoms with E-state index in [-0.39, 0.29) is 5.91 Å². The fraction of sp³-hybridized carbons (Fsp3) is 0.696. The lowest BCUT2D eigenvalue weighted by Gasteiger charge is -2.35. The van der Waals surface area contributed by atoms with Gasteiger partial charge in [0.05, 0.1) is 4.90 Å². The van der Waals surface area contributed by atoms with Crippen molar-refractivity contribution in [2.75, 3.05) is 26.2 Å². The summed E-state index contributed by atoms with van der Waals surface area (Å²) in [6.45, 7) is 1.84. The van der Waals surface area contributed by atoms with E-state index < -0.39 is 10.0 Å².